The van der Waals surface area contributed by atoms with Crippen LogP contribution in [-0.4, -0.2) is 83.2 Å². The molecule has 1 aromatic carbocycles. The minimum Gasteiger partial charge on any atom is -0.378 e. The van der Waals surface area contributed by atoms with Gasteiger partial charge in [0, 0.05) is 66.6 Å². The SMILES string of the molecule is C=CC(=O)NC1CCCN(Cc2ccnc(C(=O)Nc3ccc(-c4cc(=C(/N=CC)N5CCOCC5)/c(=C\CC)[nH]4)cc3)c2)C1. The third-order valence-electron chi connectivity index (χ3n) is 8.01. The molecule has 45 heavy (non-hydrogen) atoms. The van der Waals surface area contributed by atoms with Gasteiger partial charge < -0.3 is 25.3 Å². The van der Waals surface area contributed by atoms with Gasteiger partial charge in [-0.1, -0.05) is 31.7 Å². The molecule has 4 heterocycles. The number of morpholine rings is 1. The Morgan fingerprint density at radius 1 is 1.16 bits per heavy atom. The minimum absolute atomic E-state index is 0.0977. The minimum atomic E-state index is -0.261. The van der Waals surface area contributed by atoms with Gasteiger partial charge in [-0.25, -0.2) is 4.99 Å². The summed E-state index contributed by atoms with van der Waals surface area (Å²) in [6.07, 6.45) is 9.85. The van der Waals surface area contributed by atoms with Crippen molar-refractivity contribution in [1.29, 1.82) is 0 Å². The Labute approximate surface area is 264 Å². The summed E-state index contributed by atoms with van der Waals surface area (Å²) in [6.45, 7) is 13.0. The lowest BCUT2D eigenvalue weighted by molar-refractivity contribution is -0.117. The fraction of sp³-hybridized carbons (Fsp3) is 0.371. The number of hydrogen-bond acceptors (Lipinski definition) is 7. The van der Waals surface area contributed by atoms with Crippen molar-refractivity contribution in [2.75, 3.05) is 44.7 Å². The van der Waals surface area contributed by atoms with E-state index in [4.69, 9.17) is 9.73 Å². The third kappa shape index (κ3) is 8.34. The van der Waals surface area contributed by atoms with Crippen molar-refractivity contribution in [1.82, 2.24) is 25.1 Å². The smallest absolute Gasteiger partial charge is 0.274 e. The summed E-state index contributed by atoms with van der Waals surface area (Å²) >= 11 is 0. The Morgan fingerprint density at radius 2 is 1.96 bits per heavy atom. The first-order chi connectivity index (χ1) is 22.0. The van der Waals surface area contributed by atoms with Crippen LogP contribution in [0.25, 0.3) is 23.2 Å². The molecule has 3 N–H and O–H groups in total. The van der Waals surface area contributed by atoms with Gasteiger partial charge in [0.25, 0.3) is 5.91 Å². The highest BCUT2D eigenvalue weighted by Crippen LogP contribution is 2.20. The van der Waals surface area contributed by atoms with Gasteiger partial charge in [-0.3, -0.25) is 19.5 Å². The second-order valence-corrected chi connectivity index (χ2v) is 11.3. The number of aromatic nitrogens is 2. The average Bonchev–Trinajstić information content (AvgIpc) is 3.48. The summed E-state index contributed by atoms with van der Waals surface area (Å²) in [5.74, 6) is 0.540. The van der Waals surface area contributed by atoms with Crippen LogP contribution in [0.5, 0.6) is 0 Å². The van der Waals surface area contributed by atoms with Crippen LogP contribution < -0.4 is 21.2 Å². The Kier molecular flexibility index (Phi) is 10.9. The Balaban J connectivity index is 1.28. The summed E-state index contributed by atoms with van der Waals surface area (Å²) < 4.78 is 5.56. The number of nitrogens with one attached hydrogen (secondary N) is 3. The van der Waals surface area contributed by atoms with Crippen LogP contribution in [-0.2, 0) is 16.1 Å². The molecular formula is C35H43N7O3. The van der Waals surface area contributed by atoms with Crippen molar-refractivity contribution >= 4 is 35.6 Å². The number of benzene rings is 1. The molecule has 10 heteroatoms. The van der Waals surface area contributed by atoms with E-state index in [0.717, 1.165) is 78.7 Å². The Bertz CT molecular complexity index is 1640. The van der Waals surface area contributed by atoms with Crippen LogP contribution in [0.2, 0.25) is 0 Å². The number of rotatable bonds is 10. The van der Waals surface area contributed by atoms with Crippen molar-refractivity contribution < 1.29 is 14.3 Å². The first kappa shape index (κ1) is 31.9. The number of aliphatic imine (C=N–C) groups is 1. The Morgan fingerprint density at radius 3 is 2.69 bits per heavy atom. The normalized spacial score (nSPS) is 18.6. The van der Waals surface area contributed by atoms with E-state index in [1.807, 2.05) is 49.5 Å². The summed E-state index contributed by atoms with van der Waals surface area (Å²) in [4.78, 5) is 42.1. The molecule has 5 rings (SSSR count). The monoisotopic (exact) mass is 609 g/mol. The van der Waals surface area contributed by atoms with Gasteiger partial charge >= 0.3 is 0 Å². The second-order valence-electron chi connectivity index (χ2n) is 11.3. The summed E-state index contributed by atoms with van der Waals surface area (Å²) in [5.41, 5.74) is 4.05. The number of carbonyl (C=O) groups excluding carboxylic acids is 2. The summed E-state index contributed by atoms with van der Waals surface area (Å²) in [6, 6.07) is 13.8. The topological polar surface area (TPSA) is 115 Å². The lowest BCUT2D eigenvalue weighted by Crippen LogP contribution is -2.46. The molecule has 2 fully saturated rings. The van der Waals surface area contributed by atoms with Crippen LogP contribution >= 0.6 is 0 Å². The van der Waals surface area contributed by atoms with Gasteiger partial charge in [0.2, 0.25) is 5.91 Å². The quantitative estimate of drug-likeness (QED) is 0.240. The number of anilines is 1. The highest BCUT2D eigenvalue weighted by Gasteiger charge is 2.21. The van der Waals surface area contributed by atoms with E-state index in [9.17, 15) is 9.59 Å². The molecule has 2 aromatic heterocycles. The molecule has 1 atom stereocenters. The van der Waals surface area contributed by atoms with Crippen molar-refractivity contribution in [3.63, 3.8) is 0 Å². The number of H-pyrrole nitrogens is 1. The van der Waals surface area contributed by atoms with Crippen LogP contribution in [0.1, 0.15) is 49.2 Å². The molecule has 0 radical (unpaired) electrons. The van der Waals surface area contributed by atoms with E-state index in [1.54, 1.807) is 6.20 Å². The average molecular weight is 610 g/mol. The van der Waals surface area contributed by atoms with Gasteiger partial charge in [-0.15, -0.1) is 0 Å². The van der Waals surface area contributed by atoms with E-state index < -0.39 is 0 Å². The van der Waals surface area contributed by atoms with Crippen LogP contribution in [0, 0.1) is 0 Å². The van der Waals surface area contributed by atoms with Crippen molar-refractivity contribution in [3.05, 3.63) is 83.1 Å². The fourth-order valence-corrected chi connectivity index (χ4v) is 5.86. The molecule has 2 aliphatic rings. The van der Waals surface area contributed by atoms with E-state index in [-0.39, 0.29) is 17.9 Å². The Hall–Kier alpha value is -4.54. The highest BCUT2D eigenvalue weighted by molar-refractivity contribution is 6.03. The predicted molar refractivity (Wildman–Crippen MR) is 179 cm³/mol. The lowest BCUT2D eigenvalue weighted by atomic mass is 10.0. The molecule has 0 aliphatic carbocycles. The summed E-state index contributed by atoms with van der Waals surface area (Å²) in [5, 5.41) is 8.10. The number of ether oxygens (including phenoxy) is 1. The number of nitrogens with zero attached hydrogens (tertiary/aromatic N) is 4. The maximum absolute atomic E-state index is 13.1. The molecule has 3 aromatic rings. The van der Waals surface area contributed by atoms with Crippen molar-refractivity contribution in [2.45, 2.75) is 45.7 Å². The van der Waals surface area contributed by atoms with Crippen LogP contribution in [0.4, 0.5) is 5.69 Å². The predicted octanol–water partition coefficient (Wildman–Crippen LogP) is 3.27. The van der Waals surface area contributed by atoms with E-state index in [0.29, 0.717) is 31.1 Å². The van der Waals surface area contributed by atoms with Crippen LogP contribution in [0.15, 0.2) is 66.3 Å². The molecule has 0 saturated carbocycles. The zero-order valence-corrected chi connectivity index (χ0v) is 26.2. The molecule has 10 nitrogen and oxygen atoms in total. The molecular weight excluding hydrogens is 566 g/mol. The molecule has 236 valence electrons. The number of likely N-dealkylation sites (tertiary alicyclic amines) is 1. The zero-order chi connectivity index (χ0) is 31.6. The second kappa shape index (κ2) is 15.5. The number of hydrogen-bond donors (Lipinski definition) is 3. The highest BCUT2D eigenvalue weighted by atomic mass is 16.5. The van der Waals surface area contributed by atoms with Crippen LogP contribution in [0.3, 0.4) is 0 Å². The van der Waals surface area contributed by atoms with E-state index in [1.165, 1.54) is 6.08 Å². The fourth-order valence-electron chi connectivity index (χ4n) is 5.86. The first-order valence-corrected chi connectivity index (χ1v) is 15.7. The maximum Gasteiger partial charge on any atom is 0.274 e. The zero-order valence-electron chi connectivity index (χ0n) is 26.2. The molecule has 0 bridgehead atoms. The van der Waals surface area contributed by atoms with Gasteiger partial charge in [-0.2, -0.15) is 0 Å². The van der Waals surface area contributed by atoms with Gasteiger partial charge in [0.05, 0.1) is 13.2 Å². The van der Waals surface area contributed by atoms with E-state index >= 15 is 0 Å². The standard InChI is InChI=1S/C35H43N7O3/c1-4-8-30-29(34(36-6-3)42-17-19-45-20-18-42)22-31(40-30)26-10-12-27(13-11-26)39-35(44)32-21-25(14-15-37-32)23-41-16-7-9-28(24-41)38-33(43)5-2/h5-6,8,10-15,21-22,28,40H,2,4,7,9,16-20,23-24H2,1,3H3,(H,38,43)(H,39,44)/b30-8+,34-29+,36-6?. The first-order valence-electron chi connectivity index (χ1n) is 15.7. The van der Waals surface area contributed by atoms with Gasteiger partial charge in [0.15, 0.2) is 0 Å². The van der Waals surface area contributed by atoms with Gasteiger partial charge in [-0.05, 0) is 80.3 Å². The summed E-state index contributed by atoms with van der Waals surface area (Å²) in [7, 11) is 0. The molecule has 2 aliphatic heterocycles. The molecule has 0 spiro atoms. The molecule has 1 unspecified atom stereocenters. The maximum atomic E-state index is 13.1. The van der Waals surface area contributed by atoms with Crippen molar-refractivity contribution in [2.24, 2.45) is 4.99 Å². The number of piperidine rings is 1. The largest absolute Gasteiger partial charge is 0.378 e. The van der Waals surface area contributed by atoms with E-state index in [2.05, 4.69) is 56.0 Å². The third-order valence-corrected chi connectivity index (χ3v) is 8.01. The number of carbonyl (C=O) groups is 2. The number of pyridine rings is 1. The number of amides is 2. The number of aromatic amines is 1. The molecule has 2 amide bonds. The van der Waals surface area contributed by atoms with Crippen molar-refractivity contribution in [3.8, 4) is 11.3 Å². The molecule has 2 saturated heterocycles. The van der Waals surface area contributed by atoms with Gasteiger partial charge in [0.1, 0.15) is 11.5 Å². The lowest BCUT2D eigenvalue weighted by Gasteiger charge is -2.33.